The molecule has 0 spiro atoms. The van der Waals surface area contributed by atoms with Gasteiger partial charge in [0.2, 0.25) is 0 Å². The van der Waals surface area contributed by atoms with Gasteiger partial charge in [-0.2, -0.15) is 0 Å². The summed E-state index contributed by atoms with van der Waals surface area (Å²) in [5.74, 6) is 0. The van der Waals surface area contributed by atoms with Crippen molar-refractivity contribution >= 4 is 64.6 Å². The van der Waals surface area contributed by atoms with Crippen molar-refractivity contribution in [3.8, 4) is 122 Å². The Kier molecular flexibility index (Phi) is 11.6. The van der Waals surface area contributed by atoms with Gasteiger partial charge in [0, 0.05) is 5.41 Å². The van der Waals surface area contributed by atoms with Crippen LogP contribution in [0.2, 0.25) is 0 Å². The fourth-order valence-corrected chi connectivity index (χ4v) is 17.8. The number of fused-ring (bicyclic) bond motifs is 13. The first-order valence-electron chi connectivity index (χ1n) is 34.2. The van der Waals surface area contributed by atoms with Gasteiger partial charge in [0.1, 0.15) is 0 Å². The minimum atomic E-state index is 0.00576. The van der Waals surface area contributed by atoms with Crippen molar-refractivity contribution in [2.45, 2.75) is 51.9 Å². The van der Waals surface area contributed by atoms with E-state index in [1.165, 1.54) is 215 Å². The average Bonchev–Trinajstić information content (AvgIpc) is 1.49. The Morgan fingerprint density at radius 1 is 0.240 bits per heavy atom. The topological polar surface area (TPSA) is 0 Å². The molecule has 0 fully saturated rings. The normalized spacial score (nSPS) is 13.3. The Labute approximate surface area is 560 Å². The second kappa shape index (κ2) is 20.3. The molecule has 450 valence electrons. The summed E-state index contributed by atoms with van der Waals surface area (Å²) in [4.78, 5) is 0. The predicted octanol–water partition coefficient (Wildman–Crippen LogP) is 26.5. The Bertz CT molecular complexity index is 6060. The average molecular weight is 1220 g/mol. The summed E-state index contributed by atoms with van der Waals surface area (Å²) in [6.07, 6.45) is 0.968. The van der Waals surface area contributed by atoms with Gasteiger partial charge >= 0.3 is 0 Å². The van der Waals surface area contributed by atoms with Gasteiger partial charge in [-0.3, -0.25) is 0 Å². The maximum atomic E-state index is 2.45. The van der Waals surface area contributed by atoms with Crippen molar-refractivity contribution in [3.05, 3.63) is 325 Å². The monoisotopic (exact) mass is 1220 g/mol. The molecule has 0 unspecified atom stereocenters. The first-order valence-corrected chi connectivity index (χ1v) is 34.2. The van der Waals surface area contributed by atoms with Gasteiger partial charge in [0.25, 0.3) is 0 Å². The SMILES string of the molecule is CC(C)(C)c1cc2ccc3ccc(-c4ccc5c(c4)Cc4cc(-c6ccc7c(c6)C(C)(C)c6ccccc6-7)ccc4-5)c4ccc(c1)c2c34.c1ccc(-c2c3c(c(-c4ccccc4)c4ccccc24)-c2ccc(-c4ccc5c6c(cccc46)-c4ccccc4-5)c4cccc-3c24)cc1. The Morgan fingerprint density at radius 3 is 1.30 bits per heavy atom. The first kappa shape index (κ1) is 55.1. The molecule has 0 nitrogen and oxygen atoms in total. The van der Waals surface area contributed by atoms with Crippen LogP contribution in [0.25, 0.3) is 187 Å². The highest BCUT2D eigenvalue weighted by Gasteiger charge is 2.36. The van der Waals surface area contributed by atoms with Gasteiger partial charge in [0.05, 0.1) is 0 Å². The molecule has 0 bridgehead atoms. The molecule has 0 saturated heterocycles. The Morgan fingerprint density at radius 2 is 0.656 bits per heavy atom. The van der Waals surface area contributed by atoms with Crippen LogP contribution in [0.3, 0.4) is 0 Å². The number of rotatable bonds is 5. The van der Waals surface area contributed by atoms with Gasteiger partial charge in [0.15, 0.2) is 0 Å². The summed E-state index contributed by atoms with van der Waals surface area (Å²) in [6, 6.07) is 112. The van der Waals surface area contributed by atoms with Crippen LogP contribution in [0.1, 0.15) is 62.4 Å². The minimum Gasteiger partial charge on any atom is -0.0622 e. The third kappa shape index (κ3) is 7.91. The molecule has 4 aliphatic carbocycles. The molecule has 17 aromatic rings. The third-order valence-electron chi connectivity index (χ3n) is 22.3. The summed E-state index contributed by atoms with van der Waals surface area (Å²) in [5.41, 5.74) is 36.3. The zero-order valence-corrected chi connectivity index (χ0v) is 54.5. The molecule has 0 aliphatic heterocycles. The quantitative estimate of drug-likeness (QED) is 0.151. The molecule has 0 saturated carbocycles. The highest BCUT2D eigenvalue weighted by Crippen LogP contribution is 2.60. The molecule has 0 amide bonds. The van der Waals surface area contributed by atoms with Crippen LogP contribution >= 0.6 is 0 Å². The van der Waals surface area contributed by atoms with Gasteiger partial charge in [-0.15, -0.1) is 0 Å². The van der Waals surface area contributed by atoms with Crippen molar-refractivity contribution in [2.24, 2.45) is 0 Å². The van der Waals surface area contributed by atoms with Crippen LogP contribution in [0.4, 0.5) is 0 Å². The fourth-order valence-electron chi connectivity index (χ4n) is 17.8. The minimum absolute atomic E-state index is 0.00576. The summed E-state index contributed by atoms with van der Waals surface area (Å²) in [5, 5.41) is 16.0. The van der Waals surface area contributed by atoms with E-state index in [-0.39, 0.29) is 10.8 Å². The van der Waals surface area contributed by atoms with Crippen molar-refractivity contribution in [2.75, 3.05) is 0 Å². The van der Waals surface area contributed by atoms with E-state index in [0.717, 1.165) is 6.42 Å². The maximum absolute atomic E-state index is 2.45. The third-order valence-corrected chi connectivity index (χ3v) is 22.3. The summed E-state index contributed by atoms with van der Waals surface area (Å²) in [6.45, 7) is 11.6. The van der Waals surface area contributed by atoms with Crippen molar-refractivity contribution < 1.29 is 0 Å². The number of hydrogen-bond donors (Lipinski definition) is 0. The van der Waals surface area contributed by atoms with Gasteiger partial charge < -0.3 is 0 Å². The standard InChI is InChI=1S/C48H28.C48H38/c1-3-13-29(14-4-1)43-38-19-9-10-20-39(38)44(30-15-5-2-6-16-30)48-42-28-26-34(37-23-12-24-41(46(37)42)47(43)48)33-25-27-40-32-18-8-7-17-31(32)35-21-11-22-36(33)45(35)40;1-47(2,3)36-25-32-11-10-28-12-17-37(42-21-16-33(26-36)45(32)46(28)42)31-15-19-39-35(23-31)24-34-22-29(13-18-38(34)39)30-14-20-41-40-8-6-7-9-43(40)48(4,5)44(41)27-30/h1-28H;6-23,25-27H,24H2,1-5H3. The second-order valence-corrected chi connectivity index (χ2v) is 28.9. The van der Waals surface area contributed by atoms with E-state index in [1.807, 2.05) is 0 Å². The Hall–Kier alpha value is -11.4. The molecule has 17 aromatic carbocycles. The summed E-state index contributed by atoms with van der Waals surface area (Å²) >= 11 is 0. The fraction of sp³-hybridized carbons (Fsp3) is 0.0833. The summed E-state index contributed by atoms with van der Waals surface area (Å²) in [7, 11) is 0. The molecule has 0 atom stereocenters. The molecule has 0 radical (unpaired) electrons. The molecular weight excluding hydrogens is 1150 g/mol. The highest BCUT2D eigenvalue weighted by molar-refractivity contribution is 6.30. The van der Waals surface area contributed by atoms with Crippen LogP contribution in [0.5, 0.6) is 0 Å². The van der Waals surface area contributed by atoms with E-state index in [1.54, 1.807) is 0 Å². The van der Waals surface area contributed by atoms with E-state index in [2.05, 4.69) is 332 Å². The molecule has 96 heavy (non-hydrogen) atoms. The van der Waals surface area contributed by atoms with E-state index in [0.29, 0.717) is 0 Å². The zero-order chi connectivity index (χ0) is 63.9. The molecule has 21 rings (SSSR count). The molecule has 0 N–H and O–H groups in total. The number of benzene rings is 17. The van der Waals surface area contributed by atoms with Gasteiger partial charge in [-0.1, -0.05) is 326 Å². The van der Waals surface area contributed by atoms with Crippen LogP contribution in [-0.4, -0.2) is 0 Å². The lowest BCUT2D eigenvalue weighted by Crippen LogP contribution is -2.14. The zero-order valence-electron chi connectivity index (χ0n) is 54.5. The van der Waals surface area contributed by atoms with Crippen LogP contribution in [0, 0.1) is 0 Å². The highest BCUT2D eigenvalue weighted by atomic mass is 14.4. The van der Waals surface area contributed by atoms with Crippen molar-refractivity contribution in [1.29, 1.82) is 0 Å². The van der Waals surface area contributed by atoms with Crippen molar-refractivity contribution in [3.63, 3.8) is 0 Å². The Balaban J connectivity index is 0.000000131. The van der Waals surface area contributed by atoms with E-state index in [9.17, 15) is 0 Å². The lowest BCUT2D eigenvalue weighted by molar-refractivity contribution is 0.591. The van der Waals surface area contributed by atoms with Crippen molar-refractivity contribution in [1.82, 2.24) is 0 Å². The van der Waals surface area contributed by atoms with Crippen LogP contribution in [-0.2, 0) is 17.3 Å². The van der Waals surface area contributed by atoms with E-state index in [4.69, 9.17) is 0 Å². The number of hydrogen-bond acceptors (Lipinski definition) is 0. The van der Waals surface area contributed by atoms with E-state index >= 15 is 0 Å². The summed E-state index contributed by atoms with van der Waals surface area (Å²) < 4.78 is 0. The first-order chi connectivity index (χ1) is 47.0. The lowest BCUT2D eigenvalue weighted by Gasteiger charge is -2.22. The molecule has 0 aromatic heterocycles. The predicted molar refractivity (Wildman–Crippen MR) is 410 cm³/mol. The van der Waals surface area contributed by atoms with E-state index < -0.39 is 0 Å². The molecule has 0 heterocycles. The van der Waals surface area contributed by atoms with Crippen LogP contribution < -0.4 is 0 Å². The molecule has 0 heteroatoms. The smallest absolute Gasteiger partial charge is 0.0159 e. The lowest BCUT2D eigenvalue weighted by atomic mass is 9.81. The maximum Gasteiger partial charge on any atom is 0.0159 e. The van der Waals surface area contributed by atoms with Gasteiger partial charge in [-0.05, 0) is 233 Å². The second-order valence-electron chi connectivity index (χ2n) is 28.9. The van der Waals surface area contributed by atoms with Gasteiger partial charge in [-0.25, -0.2) is 0 Å². The molecule has 4 aliphatic rings. The van der Waals surface area contributed by atoms with Crippen LogP contribution in [0.15, 0.2) is 297 Å². The molecular formula is C96H66. The largest absolute Gasteiger partial charge is 0.0622 e.